The van der Waals surface area contributed by atoms with E-state index in [2.05, 4.69) is 10.0 Å². The Kier molecular flexibility index (Phi) is 6.84. The van der Waals surface area contributed by atoms with E-state index in [-0.39, 0.29) is 41.9 Å². The first-order valence-corrected chi connectivity index (χ1v) is 11.4. The van der Waals surface area contributed by atoms with Crippen LogP contribution in [0, 0.1) is 6.92 Å². The molecule has 0 saturated heterocycles. The second-order valence-corrected chi connectivity index (χ2v) is 9.62. The molecular formula is C20H14Cl4N2O3S. The Labute approximate surface area is 194 Å². The van der Waals surface area contributed by atoms with Gasteiger partial charge >= 0.3 is 0 Å². The normalized spacial score (nSPS) is 11.2. The van der Waals surface area contributed by atoms with Gasteiger partial charge in [0.25, 0.3) is 15.9 Å². The van der Waals surface area contributed by atoms with Crippen molar-refractivity contribution in [2.75, 3.05) is 10.0 Å². The molecule has 5 nitrogen and oxygen atoms in total. The molecule has 0 radical (unpaired) electrons. The minimum atomic E-state index is -3.80. The summed E-state index contributed by atoms with van der Waals surface area (Å²) in [6.45, 7) is 1.86. The van der Waals surface area contributed by atoms with E-state index in [9.17, 15) is 13.2 Å². The van der Waals surface area contributed by atoms with Crippen LogP contribution >= 0.6 is 46.4 Å². The molecule has 3 aromatic rings. The van der Waals surface area contributed by atoms with Gasteiger partial charge in [-0.2, -0.15) is 0 Å². The lowest BCUT2D eigenvalue weighted by Crippen LogP contribution is -2.15. The Hall–Kier alpha value is -1.96. The third-order valence-corrected chi connectivity index (χ3v) is 6.80. The molecule has 2 N–H and O–H groups in total. The van der Waals surface area contributed by atoms with Crippen LogP contribution in [0.2, 0.25) is 20.1 Å². The number of hydrogen-bond acceptors (Lipinski definition) is 3. The lowest BCUT2D eigenvalue weighted by Gasteiger charge is -2.12. The molecule has 0 saturated carbocycles. The van der Waals surface area contributed by atoms with Crippen LogP contribution < -0.4 is 10.0 Å². The highest BCUT2D eigenvalue weighted by Crippen LogP contribution is 2.33. The van der Waals surface area contributed by atoms with Crippen molar-refractivity contribution >= 4 is 73.7 Å². The molecule has 10 heteroatoms. The van der Waals surface area contributed by atoms with Gasteiger partial charge in [0.2, 0.25) is 0 Å². The maximum Gasteiger partial charge on any atom is 0.261 e. The number of carbonyl (C=O) groups is 1. The fourth-order valence-corrected chi connectivity index (χ4v) is 4.41. The molecule has 1 amide bonds. The van der Waals surface area contributed by atoms with E-state index in [0.29, 0.717) is 0 Å². The molecule has 0 aliphatic rings. The topological polar surface area (TPSA) is 75.3 Å². The molecule has 0 unspecified atom stereocenters. The number of hydrogen-bond donors (Lipinski definition) is 2. The highest BCUT2D eigenvalue weighted by molar-refractivity contribution is 7.92. The summed E-state index contributed by atoms with van der Waals surface area (Å²) in [6, 6.07) is 13.4. The van der Waals surface area contributed by atoms with Gasteiger partial charge in [-0.05, 0) is 49.4 Å². The van der Waals surface area contributed by atoms with Gasteiger partial charge in [0.1, 0.15) is 0 Å². The molecule has 0 aromatic heterocycles. The summed E-state index contributed by atoms with van der Waals surface area (Å²) in [5, 5.41) is 3.33. The average molecular weight is 504 g/mol. The van der Waals surface area contributed by atoms with Crippen molar-refractivity contribution in [2.24, 2.45) is 0 Å². The molecular weight excluding hydrogens is 490 g/mol. The Morgan fingerprint density at radius 2 is 1.43 bits per heavy atom. The fourth-order valence-electron chi connectivity index (χ4n) is 2.50. The van der Waals surface area contributed by atoms with Gasteiger partial charge in [0.15, 0.2) is 0 Å². The predicted octanol–water partition coefficient (Wildman–Crippen LogP) is 6.66. The Morgan fingerprint density at radius 3 is 2.07 bits per heavy atom. The monoisotopic (exact) mass is 502 g/mol. The number of halogens is 4. The van der Waals surface area contributed by atoms with Crippen molar-refractivity contribution in [3.8, 4) is 0 Å². The molecule has 0 bridgehead atoms. The number of sulfonamides is 1. The van der Waals surface area contributed by atoms with E-state index in [1.807, 2.05) is 6.92 Å². The number of amides is 1. The minimum Gasteiger partial charge on any atom is -0.321 e. The number of aryl methyl sites for hydroxylation is 1. The van der Waals surface area contributed by atoms with Crippen molar-refractivity contribution in [2.45, 2.75) is 11.8 Å². The summed E-state index contributed by atoms with van der Waals surface area (Å²) in [5.74, 6) is -0.548. The van der Waals surface area contributed by atoms with Crippen LogP contribution in [0.15, 0.2) is 59.5 Å². The fraction of sp³-hybridized carbons (Fsp3) is 0.0500. The zero-order chi connectivity index (χ0) is 22.1. The van der Waals surface area contributed by atoms with Crippen molar-refractivity contribution < 1.29 is 13.2 Å². The summed E-state index contributed by atoms with van der Waals surface area (Å²) >= 11 is 24.1. The summed E-state index contributed by atoms with van der Waals surface area (Å²) in [4.78, 5) is 12.7. The van der Waals surface area contributed by atoms with E-state index in [0.717, 1.165) is 5.56 Å². The minimum absolute atomic E-state index is 0.0489. The number of benzene rings is 3. The van der Waals surface area contributed by atoms with Gasteiger partial charge in [-0.25, -0.2) is 8.42 Å². The van der Waals surface area contributed by atoms with Gasteiger partial charge in [-0.1, -0.05) is 64.1 Å². The molecule has 156 valence electrons. The van der Waals surface area contributed by atoms with Crippen LogP contribution in [0.5, 0.6) is 0 Å². The first-order chi connectivity index (χ1) is 14.1. The summed E-state index contributed by atoms with van der Waals surface area (Å²) in [6.07, 6.45) is 0. The second-order valence-electron chi connectivity index (χ2n) is 6.31. The van der Waals surface area contributed by atoms with Gasteiger partial charge in [0.05, 0.1) is 41.9 Å². The van der Waals surface area contributed by atoms with Gasteiger partial charge in [0, 0.05) is 0 Å². The standard InChI is InChI=1S/C20H14Cl4N2O3S/c1-11-2-5-13(6-3-11)30(28,29)26-12-4-7-14(15(21)8-12)20(27)25-19-10-17(23)16(22)9-18(19)24/h2-10,26H,1H3,(H,25,27). The zero-order valence-electron chi connectivity index (χ0n) is 15.3. The van der Waals surface area contributed by atoms with E-state index < -0.39 is 15.9 Å². The Bertz CT molecular complexity index is 1230. The van der Waals surface area contributed by atoms with E-state index in [4.69, 9.17) is 46.4 Å². The molecule has 0 fully saturated rings. The summed E-state index contributed by atoms with van der Waals surface area (Å²) < 4.78 is 27.5. The molecule has 3 rings (SSSR count). The molecule has 0 atom stereocenters. The smallest absolute Gasteiger partial charge is 0.261 e. The van der Waals surface area contributed by atoms with Crippen LogP contribution in [0.25, 0.3) is 0 Å². The number of rotatable bonds is 5. The average Bonchev–Trinajstić information content (AvgIpc) is 2.66. The maximum atomic E-state index is 12.6. The maximum absolute atomic E-state index is 12.6. The molecule has 0 aliphatic heterocycles. The highest BCUT2D eigenvalue weighted by Gasteiger charge is 2.17. The van der Waals surface area contributed by atoms with Crippen molar-refractivity contribution in [3.63, 3.8) is 0 Å². The van der Waals surface area contributed by atoms with Crippen LogP contribution in [0.4, 0.5) is 11.4 Å². The number of anilines is 2. The molecule has 30 heavy (non-hydrogen) atoms. The summed E-state index contributed by atoms with van der Waals surface area (Å²) in [7, 11) is -3.80. The van der Waals surface area contributed by atoms with E-state index >= 15 is 0 Å². The highest BCUT2D eigenvalue weighted by atomic mass is 35.5. The lowest BCUT2D eigenvalue weighted by atomic mass is 10.2. The predicted molar refractivity (Wildman–Crippen MR) is 123 cm³/mol. The van der Waals surface area contributed by atoms with Crippen LogP contribution in [0.3, 0.4) is 0 Å². The SMILES string of the molecule is Cc1ccc(S(=O)(=O)Nc2ccc(C(=O)Nc3cc(Cl)c(Cl)cc3Cl)c(Cl)c2)cc1. The van der Waals surface area contributed by atoms with Crippen LogP contribution in [0.1, 0.15) is 15.9 Å². The summed E-state index contributed by atoms with van der Waals surface area (Å²) in [5.41, 5.74) is 1.53. The molecule has 0 aliphatic carbocycles. The quantitative estimate of drug-likeness (QED) is 0.382. The largest absolute Gasteiger partial charge is 0.321 e. The second kappa shape index (κ2) is 9.04. The third kappa shape index (κ3) is 5.20. The molecule has 0 spiro atoms. The first kappa shape index (κ1) is 22.7. The van der Waals surface area contributed by atoms with Crippen LogP contribution in [-0.4, -0.2) is 14.3 Å². The first-order valence-electron chi connectivity index (χ1n) is 8.42. The van der Waals surface area contributed by atoms with Crippen molar-refractivity contribution in [1.29, 1.82) is 0 Å². The lowest BCUT2D eigenvalue weighted by molar-refractivity contribution is 0.102. The van der Waals surface area contributed by atoms with Gasteiger partial charge in [-0.15, -0.1) is 0 Å². The Balaban J connectivity index is 1.80. The van der Waals surface area contributed by atoms with Crippen molar-refractivity contribution in [1.82, 2.24) is 0 Å². The zero-order valence-corrected chi connectivity index (χ0v) is 19.2. The molecule has 3 aromatic carbocycles. The number of carbonyl (C=O) groups excluding carboxylic acids is 1. The molecule has 0 heterocycles. The van der Waals surface area contributed by atoms with Crippen LogP contribution in [-0.2, 0) is 10.0 Å². The number of nitrogens with one attached hydrogen (secondary N) is 2. The van der Waals surface area contributed by atoms with E-state index in [1.54, 1.807) is 12.1 Å². The third-order valence-electron chi connectivity index (χ3n) is 4.06. The van der Waals surface area contributed by atoms with Gasteiger partial charge < -0.3 is 5.32 Å². The van der Waals surface area contributed by atoms with Crippen molar-refractivity contribution in [3.05, 3.63) is 85.8 Å². The van der Waals surface area contributed by atoms with E-state index in [1.165, 1.54) is 42.5 Å². The Morgan fingerprint density at radius 1 is 0.800 bits per heavy atom. The van der Waals surface area contributed by atoms with Gasteiger partial charge in [-0.3, -0.25) is 9.52 Å².